The van der Waals surface area contributed by atoms with Gasteiger partial charge in [0.05, 0.1) is 6.61 Å². The van der Waals surface area contributed by atoms with Crippen LogP contribution in [0, 0.1) is 0 Å². The van der Waals surface area contributed by atoms with Crippen molar-refractivity contribution in [2.45, 2.75) is 13.0 Å². The lowest BCUT2D eigenvalue weighted by Gasteiger charge is -2.01. The maximum absolute atomic E-state index is 5.43. The smallest absolute Gasteiger partial charge is 0.316 e. The first kappa shape index (κ1) is 13.4. The SMILES string of the molecule is BrCCCOCc1ccccc1.[MgH2]. The normalized spacial score (nSPS) is 9.31. The third-order valence-electron chi connectivity index (χ3n) is 1.53. The van der Waals surface area contributed by atoms with Gasteiger partial charge in [0.1, 0.15) is 0 Å². The fourth-order valence-electron chi connectivity index (χ4n) is 0.921. The van der Waals surface area contributed by atoms with Crippen molar-refractivity contribution in [3.05, 3.63) is 35.9 Å². The van der Waals surface area contributed by atoms with E-state index in [1.165, 1.54) is 5.56 Å². The van der Waals surface area contributed by atoms with E-state index in [0.29, 0.717) is 0 Å². The third-order valence-corrected chi connectivity index (χ3v) is 2.09. The Morgan fingerprint density at radius 1 is 1.15 bits per heavy atom. The summed E-state index contributed by atoms with van der Waals surface area (Å²) in [5, 5.41) is 1.02. The van der Waals surface area contributed by atoms with Crippen LogP contribution in [0.3, 0.4) is 0 Å². The van der Waals surface area contributed by atoms with Crippen LogP contribution in [0.4, 0.5) is 0 Å². The average Bonchev–Trinajstić information content (AvgIpc) is 2.14. The lowest BCUT2D eigenvalue weighted by atomic mass is 10.2. The Balaban J connectivity index is 0.00000144. The molecule has 1 aromatic rings. The van der Waals surface area contributed by atoms with Gasteiger partial charge in [0.15, 0.2) is 0 Å². The van der Waals surface area contributed by atoms with Gasteiger partial charge in [-0.3, -0.25) is 0 Å². The molecule has 0 heterocycles. The van der Waals surface area contributed by atoms with Gasteiger partial charge in [-0.1, -0.05) is 46.3 Å². The number of hydrogen-bond acceptors (Lipinski definition) is 1. The summed E-state index contributed by atoms with van der Waals surface area (Å²) in [6.07, 6.45) is 1.08. The van der Waals surface area contributed by atoms with Crippen LogP contribution in [-0.4, -0.2) is 35.0 Å². The highest BCUT2D eigenvalue weighted by atomic mass is 79.9. The summed E-state index contributed by atoms with van der Waals surface area (Å²) in [5.74, 6) is 0. The molecule has 0 amide bonds. The molecule has 1 aromatic carbocycles. The zero-order valence-corrected chi connectivity index (χ0v) is 8.59. The predicted molar refractivity (Wildman–Crippen MR) is 63.1 cm³/mol. The number of benzene rings is 1. The summed E-state index contributed by atoms with van der Waals surface area (Å²) in [6, 6.07) is 10.2. The number of halogens is 1. The first-order chi connectivity index (χ1) is 5.93. The molecule has 0 saturated heterocycles. The van der Waals surface area contributed by atoms with Gasteiger partial charge in [-0.25, -0.2) is 0 Å². The predicted octanol–water partition coefficient (Wildman–Crippen LogP) is 2.07. The van der Waals surface area contributed by atoms with E-state index < -0.39 is 0 Å². The Morgan fingerprint density at radius 2 is 1.85 bits per heavy atom. The molecule has 0 radical (unpaired) electrons. The van der Waals surface area contributed by atoms with Crippen molar-refractivity contribution in [3.63, 3.8) is 0 Å². The van der Waals surface area contributed by atoms with Crippen molar-refractivity contribution in [3.8, 4) is 0 Å². The van der Waals surface area contributed by atoms with E-state index in [1.54, 1.807) is 0 Å². The molecule has 3 heteroatoms. The quantitative estimate of drug-likeness (QED) is 0.445. The summed E-state index contributed by atoms with van der Waals surface area (Å²) < 4.78 is 5.43. The Bertz CT molecular complexity index is 203. The first-order valence-electron chi connectivity index (χ1n) is 4.11. The maximum Gasteiger partial charge on any atom is 0.316 e. The molecule has 0 N–H and O–H groups in total. The molecule has 0 unspecified atom stereocenters. The molecule has 0 saturated carbocycles. The van der Waals surface area contributed by atoms with Crippen molar-refractivity contribution >= 4 is 39.0 Å². The maximum atomic E-state index is 5.43. The topological polar surface area (TPSA) is 9.23 Å². The lowest BCUT2D eigenvalue weighted by Crippen LogP contribution is -1.95. The van der Waals surface area contributed by atoms with Crippen molar-refractivity contribution in [2.24, 2.45) is 0 Å². The first-order valence-corrected chi connectivity index (χ1v) is 5.23. The van der Waals surface area contributed by atoms with Crippen molar-refractivity contribution in [1.82, 2.24) is 0 Å². The summed E-state index contributed by atoms with van der Waals surface area (Å²) >= 11 is 3.36. The summed E-state index contributed by atoms with van der Waals surface area (Å²) in [4.78, 5) is 0. The van der Waals surface area contributed by atoms with Gasteiger partial charge in [0.25, 0.3) is 0 Å². The second-order valence-electron chi connectivity index (χ2n) is 2.58. The van der Waals surface area contributed by atoms with Gasteiger partial charge in [0.2, 0.25) is 0 Å². The van der Waals surface area contributed by atoms with Gasteiger partial charge in [-0.15, -0.1) is 0 Å². The second kappa shape index (κ2) is 9.00. The zero-order valence-electron chi connectivity index (χ0n) is 7.00. The molecule has 0 atom stereocenters. The van der Waals surface area contributed by atoms with Crippen LogP contribution in [0.5, 0.6) is 0 Å². The van der Waals surface area contributed by atoms with Crippen LogP contribution >= 0.6 is 15.9 Å². The van der Waals surface area contributed by atoms with E-state index in [2.05, 4.69) is 28.1 Å². The minimum atomic E-state index is 0. The van der Waals surface area contributed by atoms with Gasteiger partial charge in [-0.2, -0.15) is 0 Å². The minimum absolute atomic E-state index is 0. The highest BCUT2D eigenvalue weighted by Gasteiger charge is 1.90. The Labute approximate surface area is 104 Å². The Kier molecular flexibility index (Phi) is 9.29. The highest BCUT2D eigenvalue weighted by molar-refractivity contribution is 9.09. The number of rotatable bonds is 5. The van der Waals surface area contributed by atoms with Crippen LogP contribution in [0.25, 0.3) is 0 Å². The average molecular weight is 255 g/mol. The lowest BCUT2D eigenvalue weighted by molar-refractivity contribution is 0.122. The minimum Gasteiger partial charge on any atom is -0.377 e. The molecule has 13 heavy (non-hydrogen) atoms. The summed E-state index contributed by atoms with van der Waals surface area (Å²) in [7, 11) is 0. The van der Waals surface area contributed by atoms with Crippen LogP contribution in [-0.2, 0) is 11.3 Å². The number of alkyl halides is 1. The summed E-state index contributed by atoms with van der Waals surface area (Å²) in [5.41, 5.74) is 1.24. The standard InChI is InChI=1S/C10H13BrO.Mg.2H/c11-7-4-8-12-9-10-5-2-1-3-6-10;;;/h1-3,5-6H,4,7-9H2;;;. The Hall–Kier alpha value is 0.426. The summed E-state index contributed by atoms with van der Waals surface area (Å²) in [6.45, 7) is 1.56. The van der Waals surface area contributed by atoms with Crippen molar-refractivity contribution in [2.75, 3.05) is 11.9 Å². The van der Waals surface area contributed by atoms with Crippen molar-refractivity contribution in [1.29, 1.82) is 0 Å². The molecule has 0 bridgehead atoms. The molecular formula is C10H15BrMgO. The number of hydrogen-bond donors (Lipinski definition) is 0. The van der Waals surface area contributed by atoms with Gasteiger partial charge in [0, 0.05) is 11.9 Å². The second-order valence-corrected chi connectivity index (χ2v) is 3.37. The fraction of sp³-hybridized carbons (Fsp3) is 0.400. The van der Waals surface area contributed by atoms with E-state index >= 15 is 0 Å². The Morgan fingerprint density at radius 3 is 2.46 bits per heavy atom. The molecule has 0 aromatic heterocycles. The molecule has 0 aliphatic rings. The molecule has 1 nitrogen and oxygen atoms in total. The van der Waals surface area contributed by atoms with E-state index in [1.807, 2.05) is 18.2 Å². The molecular weight excluding hydrogens is 240 g/mol. The van der Waals surface area contributed by atoms with Crippen LogP contribution in [0.15, 0.2) is 30.3 Å². The number of ether oxygens (including phenoxy) is 1. The largest absolute Gasteiger partial charge is 0.377 e. The molecule has 70 valence electrons. The molecule has 0 aliphatic heterocycles. The molecule has 0 spiro atoms. The van der Waals surface area contributed by atoms with E-state index in [9.17, 15) is 0 Å². The van der Waals surface area contributed by atoms with Gasteiger partial charge in [-0.05, 0) is 12.0 Å². The zero-order chi connectivity index (χ0) is 8.65. The van der Waals surface area contributed by atoms with Crippen LogP contribution in [0.1, 0.15) is 12.0 Å². The van der Waals surface area contributed by atoms with E-state index in [0.717, 1.165) is 25.0 Å². The van der Waals surface area contributed by atoms with Crippen molar-refractivity contribution < 1.29 is 4.74 Å². The third kappa shape index (κ3) is 6.49. The van der Waals surface area contributed by atoms with Crippen LogP contribution in [0.2, 0.25) is 0 Å². The molecule has 1 rings (SSSR count). The molecule has 0 fully saturated rings. The van der Waals surface area contributed by atoms with E-state index in [4.69, 9.17) is 4.74 Å². The fourth-order valence-corrected chi connectivity index (χ4v) is 1.15. The monoisotopic (exact) mass is 254 g/mol. The van der Waals surface area contributed by atoms with Crippen LogP contribution < -0.4 is 0 Å². The van der Waals surface area contributed by atoms with E-state index in [-0.39, 0.29) is 23.1 Å². The highest BCUT2D eigenvalue weighted by Crippen LogP contribution is 2.00. The molecule has 0 aliphatic carbocycles. The van der Waals surface area contributed by atoms with Gasteiger partial charge < -0.3 is 4.74 Å². The van der Waals surface area contributed by atoms with Gasteiger partial charge >= 0.3 is 23.1 Å².